The highest BCUT2D eigenvalue weighted by molar-refractivity contribution is 5.04. The van der Waals surface area contributed by atoms with Crippen LogP contribution in [0, 0.1) is 6.92 Å². The monoisotopic (exact) mass is 185 g/mol. The molecule has 0 aromatic heterocycles. The van der Waals surface area contributed by atoms with Crippen LogP contribution in [0.15, 0.2) is 12.2 Å². The van der Waals surface area contributed by atoms with Crippen molar-refractivity contribution in [1.82, 2.24) is 0 Å². The van der Waals surface area contributed by atoms with Crippen molar-refractivity contribution in [3.05, 3.63) is 19.1 Å². The van der Waals surface area contributed by atoms with Crippen LogP contribution in [0.25, 0.3) is 0 Å². The zero-order valence-electron chi connectivity index (χ0n) is 8.66. The first-order valence-electron chi connectivity index (χ1n) is 4.98. The molecule has 0 heterocycles. The molecule has 0 aliphatic heterocycles. The Labute approximate surface area is 81.3 Å². The summed E-state index contributed by atoms with van der Waals surface area (Å²) >= 11 is 0. The molecule has 0 amide bonds. The molecule has 0 saturated carbocycles. The summed E-state index contributed by atoms with van der Waals surface area (Å²) in [5, 5.41) is 19.7. The molecule has 0 aliphatic rings. The zero-order chi connectivity index (χ0) is 10.3. The average molecular weight is 185 g/mol. The summed E-state index contributed by atoms with van der Waals surface area (Å²) in [6.07, 6.45) is 5.47. The van der Waals surface area contributed by atoms with E-state index in [0.717, 1.165) is 6.42 Å². The van der Waals surface area contributed by atoms with E-state index in [0.29, 0.717) is 19.3 Å². The fraction of sp³-hybridized carbons (Fsp3) is 0.727. The average Bonchev–Trinajstić information content (AvgIpc) is 2.14. The van der Waals surface area contributed by atoms with Crippen LogP contribution in [0.3, 0.4) is 0 Å². The van der Waals surface area contributed by atoms with Crippen molar-refractivity contribution < 1.29 is 10.2 Å². The summed E-state index contributed by atoms with van der Waals surface area (Å²) in [4.78, 5) is 0. The van der Waals surface area contributed by atoms with Crippen LogP contribution in [0.2, 0.25) is 0 Å². The number of allylic oxidation sites excluding steroid dienone is 1. The van der Waals surface area contributed by atoms with Crippen molar-refractivity contribution in [2.24, 2.45) is 0 Å². The van der Waals surface area contributed by atoms with Crippen LogP contribution >= 0.6 is 0 Å². The lowest BCUT2D eigenvalue weighted by Gasteiger charge is -2.29. The first-order valence-corrected chi connectivity index (χ1v) is 4.98. The number of aliphatic hydroxyl groups excluding tert-OH is 1. The third kappa shape index (κ3) is 3.92. The Hall–Kier alpha value is -0.340. The van der Waals surface area contributed by atoms with Gasteiger partial charge >= 0.3 is 0 Å². The molecule has 2 atom stereocenters. The summed E-state index contributed by atoms with van der Waals surface area (Å²) in [5.74, 6) is 0. The Bertz CT molecular complexity index is 154. The molecular weight excluding hydrogens is 164 g/mol. The molecule has 13 heavy (non-hydrogen) atoms. The first kappa shape index (κ1) is 12.7. The molecule has 0 rings (SSSR count). The highest BCUT2D eigenvalue weighted by Crippen LogP contribution is 2.21. The fourth-order valence-electron chi connectivity index (χ4n) is 1.40. The highest BCUT2D eigenvalue weighted by atomic mass is 16.3. The summed E-state index contributed by atoms with van der Waals surface area (Å²) in [6.45, 7) is 7.51. The van der Waals surface area contributed by atoms with Gasteiger partial charge in [0, 0.05) is 0 Å². The molecule has 0 aromatic rings. The van der Waals surface area contributed by atoms with E-state index in [1.165, 1.54) is 0 Å². The Morgan fingerprint density at radius 1 is 1.46 bits per heavy atom. The predicted octanol–water partition coefficient (Wildman–Crippen LogP) is 2.07. The fourth-order valence-corrected chi connectivity index (χ4v) is 1.40. The number of hydrogen-bond donors (Lipinski definition) is 2. The van der Waals surface area contributed by atoms with Gasteiger partial charge in [0.05, 0.1) is 6.10 Å². The largest absolute Gasteiger partial charge is 0.390 e. The Balaban J connectivity index is 4.41. The third-order valence-electron chi connectivity index (χ3n) is 2.19. The smallest absolute Gasteiger partial charge is 0.108 e. The molecule has 2 N–H and O–H groups in total. The minimum Gasteiger partial charge on any atom is -0.390 e. The van der Waals surface area contributed by atoms with E-state index in [9.17, 15) is 10.2 Å². The number of aliphatic hydroxyl groups is 2. The van der Waals surface area contributed by atoms with E-state index >= 15 is 0 Å². The van der Waals surface area contributed by atoms with Gasteiger partial charge in [-0.15, -0.1) is 0 Å². The van der Waals surface area contributed by atoms with Gasteiger partial charge in [-0.3, -0.25) is 0 Å². The van der Waals surface area contributed by atoms with Gasteiger partial charge in [-0.05, 0) is 26.2 Å². The van der Waals surface area contributed by atoms with Gasteiger partial charge < -0.3 is 10.2 Å². The van der Waals surface area contributed by atoms with Crippen LogP contribution in [-0.4, -0.2) is 21.9 Å². The van der Waals surface area contributed by atoms with Gasteiger partial charge in [0.25, 0.3) is 0 Å². The lowest BCUT2D eigenvalue weighted by atomic mass is 9.89. The van der Waals surface area contributed by atoms with Crippen LogP contribution < -0.4 is 0 Å². The lowest BCUT2D eigenvalue weighted by Crippen LogP contribution is -2.39. The van der Waals surface area contributed by atoms with Crippen molar-refractivity contribution in [3.8, 4) is 0 Å². The van der Waals surface area contributed by atoms with Crippen molar-refractivity contribution in [2.45, 2.75) is 51.2 Å². The Morgan fingerprint density at radius 3 is 2.46 bits per heavy atom. The molecule has 0 spiro atoms. The third-order valence-corrected chi connectivity index (χ3v) is 2.19. The second-order valence-corrected chi connectivity index (χ2v) is 3.36. The van der Waals surface area contributed by atoms with E-state index < -0.39 is 11.7 Å². The number of hydrogen-bond acceptors (Lipinski definition) is 2. The maximum absolute atomic E-state index is 10.0. The van der Waals surface area contributed by atoms with Gasteiger partial charge in [-0.1, -0.05) is 32.4 Å². The second kappa shape index (κ2) is 6.17. The van der Waals surface area contributed by atoms with E-state index in [2.05, 4.69) is 6.92 Å². The molecule has 1 radical (unpaired) electrons. The topological polar surface area (TPSA) is 40.5 Å². The van der Waals surface area contributed by atoms with Gasteiger partial charge in [-0.25, -0.2) is 0 Å². The van der Waals surface area contributed by atoms with Crippen molar-refractivity contribution in [3.63, 3.8) is 0 Å². The molecule has 2 unspecified atom stereocenters. The Morgan fingerprint density at radius 2 is 2.08 bits per heavy atom. The first-order chi connectivity index (χ1) is 6.10. The van der Waals surface area contributed by atoms with E-state index in [1.54, 1.807) is 12.2 Å². The quantitative estimate of drug-likeness (QED) is 0.622. The Kier molecular flexibility index (Phi) is 6.00. The normalized spacial score (nSPS) is 18.8. The zero-order valence-corrected chi connectivity index (χ0v) is 8.66. The minimum atomic E-state index is -1.05. The predicted molar refractivity (Wildman–Crippen MR) is 55.3 cm³/mol. The molecule has 2 nitrogen and oxygen atoms in total. The van der Waals surface area contributed by atoms with Crippen LogP contribution in [0.5, 0.6) is 0 Å². The van der Waals surface area contributed by atoms with Crippen molar-refractivity contribution >= 4 is 0 Å². The van der Waals surface area contributed by atoms with E-state index in [-0.39, 0.29) is 0 Å². The highest BCUT2D eigenvalue weighted by Gasteiger charge is 2.30. The second-order valence-electron chi connectivity index (χ2n) is 3.36. The number of rotatable bonds is 6. The lowest BCUT2D eigenvalue weighted by molar-refractivity contribution is -0.0464. The van der Waals surface area contributed by atoms with E-state index in [4.69, 9.17) is 0 Å². The summed E-state index contributed by atoms with van der Waals surface area (Å²) < 4.78 is 0. The summed E-state index contributed by atoms with van der Waals surface area (Å²) in [6, 6.07) is 0. The summed E-state index contributed by atoms with van der Waals surface area (Å²) in [5.41, 5.74) is -1.05. The van der Waals surface area contributed by atoms with E-state index in [1.807, 2.05) is 13.8 Å². The van der Waals surface area contributed by atoms with Gasteiger partial charge in [0.2, 0.25) is 0 Å². The van der Waals surface area contributed by atoms with Crippen molar-refractivity contribution in [2.75, 3.05) is 0 Å². The van der Waals surface area contributed by atoms with Crippen LogP contribution in [0.4, 0.5) is 0 Å². The maximum atomic E-state index is 10.0. The van der Waals surface area contributed by atoms with Crippen LogP contribution in [-0.2, 0) is 0 Å². The molecule has 0 aromatic carbocycles. The maximum Gasteiger partial charge on any atom is 0.108 e. The molecule has 2 heteroatoms. The molecular formula is C11H21O2. The molecule has 0 fully saturated rings. The molecule has 0 bridgehead atoms. The van der Waals surface area contributed by atoms with Gasteiger partial charge in [0.15, 0.2) is 0 Å². The molecule has 77 valence electrons. The van der Waals surface area contributed by atoms with Gasteiger partial charge in [0.1, 0.15) is 5.60 Å². The van der Waals surface area contributed by atoms with Crippen LogP contribution in [0.1, 0.15) is 39.5 Å². The standard InChI is InChI=1S/C11H21O2/c1-4-7-9-11(13,8-5-2)10(12)6-3/h7,9-10,12-13H,1,4-6,8H2,2-3H3/b9-7+. The SMILES string of the molecule is [CH2]C/C=C/C(O)(CCC)C(O)CC. The summed E-state index contributed by atoms with van der Waals surface area (Å²) in [7, 11) is 0. The van der Waals surface area contributed by atoms with Crippen molar-refractivity contribution in [1.29, 1.82) is 0 Å². The molecule has 0 aliphatic carbocycles. The van der Waals surface area contributed by atoms with Gasteiger partial charge in [-0.2, -0.15) is 0 Å². The molecule has 0 saturated heterocycles. The minimum absolute atomic E-state index is 0.567.